The highest BCUT2D eigenvalue weighted by Crippen LogP contribution is 2.47. The Kier molecular flexibility index (Phi) is 3.71. The van der Waals surface area contributed by atoms with Crippen molar-refractivity contribution in [3.8, 4) is 0 Å². The standard InChI is InChI=1S/C15H18N2OS3/c18-13-11-9-21-14(12-7-4-8-20-12)17(11)15(19)16(13)10-5-2-1-3-6-10/h4,7-8,10-11,14H,1-3,5-6,9H2/t11-,14-/m0/s1. The fourth-order valence-corrected chi connectivity index (χ4v) is 6.56. The van der Waals surface area contributed by atoms with Gasteiger partial charge in [0.25, 0.3) is 5.91 Å². The monoisotopic (exact) mass is 338 g/mol. The number of rotatable bonds is 2. The second-order valence-electron chi connectivity index (χ2n) is 5.91. The van der Waals surface area contributed by atoms with Gasteiger partial charge in [0.05, 0.1) is 0 Å². The molecule has 21 heavy (non-hydrogen) atoms. The molecule has 1 aromatic heterocycles. The zero-order chi connectivity index (χ0) is 14.4. The Hall–Kier alpha value is -0.590. The molecule has 1 saturated carbocycles. The molecule has 0 spiro atoms. The highest BCUT2D eigenvalue weighted by Gasteiger charge is 2.52. The van der Waals surface area contributed by atoms with E-state index in [9.17, 15) is 4.79 Å². The van der Waals surface area contributed by atoms with Gasteiger partial charge in [0, 0.05) is 16.7 Å². The zero-order valence-electron chi connectivity index (χ0n) is 11.7. The van der Waals surface area contributed by atoms with Crippen molar-refractivity contribution < 1.29 is 4.79 Å². The third-order valence-corrected chi connectivity index (χ3v) is 7.46. The van der Waals surface area contributed by atoms with Crippen LogP contribution in [0.25, 0.3) is 0 Å². The Bertz CT molecular complexity index is 553. The van der Waals surface area contributed by atoms with Crippen LogP contribution < -0.4 is 0 Å². The Balaban J connectivity index is 1.61. The Morgan fingerprint density at radius 1 is 1.24 bits per heavy atom. The molecule has 1 aliphatic carbocycles. The van der Waals surface area contributed by atoms with Crippen LogP contribution in [0.4, 0.5) is 0 Å². The average Bonchev–Trinajstić information content (AvgIpc) is 3.20. The van der Waals surface area contributed by atoms with Crippen LogP contribution in [0.2, 0.25) is 0 Å². The summed E-state index contributed by atoms with van der Waals surface area (Å²) in [5.74, 6) is 1.11. The highest BCUT2D eigenvalue weighted by molar-refractivity contribution is 8.00. The van der Waals surface area contributed by atoms with E-state index >= 15 is 0 Å². The van der Waals surface area contributed by atoms with Crippen LogP contribution in [0.3, 0.4) is 0 Å². The third kappa shape index (κ3) is 2.23. The van der Waals surface area contributed by atoms with E-state index in [0.717, 1.165) is 23.7 Å². The van der Waals surface area contributed by atoms with E-state index in [0.29, 0.717) is 6.04 Å². The average molecular weight is 339 g/mol. The summed E-state index contributed by atoms with van der Waals surface area (Å²) in [6.07, 6.45) is 5.98. The maximum atomic E-state index is 12.8. The van der Waals surface area contributed by atoms with E-state index in [-0.39, 0.29) is 17.3 Å². The van der Waals surface area contributed by atoms with E-state index in [2.05, 4.69) is 22.4 Å². The molecule has 0 bridgehead atoms. The van der Waals surface area contributed by atoms with Gasteiger partial charge in [-0.2, -0.15) is 0 Å². The van der Waals surface area contributed by atoms with Gasteiger partial charge in [-0.05, 0) is 36.5 Å². The van der Waals surface area contributed by atoms with Gasteiger partial charge in [0.2, 0.25) is 0 Å². The van der Waals surface area contributed by atoms with Crippen LogP contribution in [0.5, 0.6) is 0 Å². The molecule has 0 unspecified atom stereocenters. The minimum absolute atomic E-state index is 0.0310. The molecule has 4 rings (SSSR count). The topological polar surface area (TPSA) is 23.6 Å². The van der Waals surface area contributed by atoms with E-state index < -0.39 is 0 Å². The van der Waals surface area contributed by atoms with Gasteiger partial charge in [-0.25, -0.2) is 0 Å². The minimum atomic E-state index is -0.0310. The molecular weight excluding hydrogens is 320 g/mol. The number of thiocarbonyl (C=S) groups is 1. The lowest BCUT2D eigenvalue weighted by Crippen LogP contribution is -2.42. The van der Waals surface area contributed by atoms with Crippen molar-refractivity contribution in [2.24, 2.45) is 0 Å². The summed E-state index contributed by atoms with van der Waals surface area (Å²) in [5.41, 5.74) is 0. The Morgan fingerprint density at radius 2 is 2.05 bits per heavy atom. The number of thiophene rings is 1. The fourth-order valence-electron chi connectivity index (χ4n) is 3.64. The van der Waals surface area contributed by atoms with Crippen molar-refractivity contribution in [1.82, 2.24) is 9.80 Å². The number of hydrogen-bond acceptors (Lipinski definition) is 4. The van der Waals surface area contributed by atoms with Gasteiger partial charge in [-0.3, -0.25) is 9.69 Å². The molecule has 1 aromatic rings. The molecule has 1 amide bonds. The molecule has 112 valence electrons. The second-order valence-corrected chi connectivity index (χ2v) is 8.36. The zero-order valence-corrected chi connectivity index (χ0v) is 14.2. The molecule has 6 heteroatoms. The van der Waals surface area contributed by atoms with E-state index in [4.69, 9.17) is 12.2 Å². The van der Waals surface area contributed by atoms with E-state index in [1.54, 1.807) is 11.3 Å². The van der Waals surface area contributed by atoms with Crippen molar-refractivity contribution in [3.05, 3.63) is 22.4 Å². The van der Waals surface area contributed by atoms with Crippen LogP contribution in [0, 0.1) is 0 Å². The normalized spacial score (nSPS) is 30.3. The minimum Gasteiger partial charge on any atom is -0.319 e. The number of carbonyl (C=O) groups is 1. The molecule has 0 radical (unpaired) electrons. The lowest BCUT2D eigenvalue weighted by Gasteiger charge is -2.32. The number of nitrogens with zero attached hydrogens (tertiary/aromatic N) is 2. The number of carbonyl (C=O) groups excluding carboxylic acids is 1. The summed E-state index contributed by atoms with van der Waals surface area (Å²) in [6, 6.07) is 4.55. The molecule has 3 aliphatic rings. The van der Waals surface area contributed by atoms with Gasteiger partial charge in [0.1, 0.15) is 11.4 Å². The molecule has 2 atom stereocenters. The summed E-state index contributed by atoms with van der Waals surface area (Å²) < 4.78 is 0. The van der Waals surface area contributed by atoms with Crippen LogP contribution in [0.15, 0.2) is 17.5 Å². The van der Waals surface area contributed by atoms with Crippen LogP contribution in [0.1, 0.15) is 42.4 Å². The van der Waals surface area contributed by atoms with Gasteiger partial charge in [-0.1, -0.05) is 25.3 Å². The van der Waals surface area contributed by atoms with Gasteiger partial charge >= 0.3 is 0 Å². The smallest absolute Gasteiger partial charge is 0.252 e. The van der Waals surface area contributed by atoms with Crippen molar-refractivity contribution >= 4 is 46.3 Å². The molecule has 2 aliphatic heterocycles. The van der Waals surface area contributed by atoms with E-state index in [1.807, 2.05) is 16.7 Å². The van der Waals surface area contributed by atoms with Crippen molar-refractivity contribution in [2.45, 2.75) is 49.6 Å². The molecular formula is C15H18N2OS3. The Morgan fingerprint density at radius 3 is 2.76 bits per heavy atom. The maximum absolute atomic E-state index is 12.8. The van der Waals surface area contributed by atoms with Crippen LogP contribution in [-0.2, 0) is 4.79 Å². The predicted molar refractivity (Wildman–Crippen MR) is 91.5 cm³/mol. The maximum Gasteiger partial charge on any atom is 0.252 e. The van der Waals surface area contributed by atoms with Gasteiger partial charge in [0.15, 0.2) is 5.11 Å². The molecule has 0 aromatic carbocycles. The Labute approximate surface area is 138 Å². The molecule has 3 heterocycles. The summed E-state index contributed by atoms with van der Waals surface area (Å²) in [7, 11) is 0. The number of thioether (sulfide) groups is 1. The van der Waals surface area contributed by atoms with Crippen LogP contribution >= 0.6 is 35.3 Å². The number of hydrogen-bond donors (Lipinski definition) is 0. The molecule has 3 fully saturated rings. The number of fused-ring (bicyclic) bond motifs is 1. The molecule has 3 nitrogen and oxygen atoms in total. The third-order valence-electron chi connectivity index (χ3n) is 4.68. The summed E-state index contributed by atoms with van der Waals surface area (Å²) >= 11 is 9.32. The quantitative estimate of drug-likeness (QED) is 0.769. The van der Waals surface area contributed by atoms with E-state index in [1.165, 1.54) is 24.1 Å². The summed E-state index contributed by atoms with van der Waals surface area (Å²) in [5, 5.41) is 3.11. The summed E-state index contributed by atoms with van der Waals surface area (Å²) in [4.78, 5) is 18.3. The predicted octanol–water partition coefficient (Wildman–Crippen LogP) is 3.62. The van der Waals surface area contributed by atoms with Crippen LogP contribution in [-0.4, -0.2) is 38.7 Å². The first kappa shape index (κ1) is 14.0. The van der Waals surface area contributed by atoms with Gasteiger partial charge in [-0.15, -0.1) is 23.1 Å². The van der Waals surface area contributed by atoms with Crippen molar-refractivity contribution in [3.63, 3.8) is 0 Å². The SMILES string of the molecule is O=C1[C@@H]2CS[C@@H](c3cccs3)N2C(=S)N1C1CCCCC1. The van der Waals surface area contributed by atoms with Gasteiger partial charge < -0.3 is 4.90 Å². The molecule has 2 saturated heterocycles. The first-order valence-electron chi connectivity index (χ1n) is 7.58. The second kappa shape index (κ2) is 5.56. The summed E-state index contributed by atoms with van der Waals surface area (Å²) in [6.45, 7) is 0. The lowest BCUT2D eigenvalue weighted by molar-refractivity contribution is -0.129. The fraction of sp³-hybridized carbons (Fsp3) is 0.600. The largest absolute Gasteiger partial charge is 0.319 e. The first-order chi connectivity index (χ1) is 10.3. The lowest BCUT2D eigenvalue weighted by atomic mass is 9.94. The van der Waals surface area contributed by atoms with Crippen molar-refractivity contribution in [2.75, 3.05) is 5.75 Å². The molecule has 0 N–H and O–H groups in total. The number of amides is 1. The van der Waals surface area contributed by atoms with Crippen molar-refractivity contribution in [1.29, 1.82) is 0 Å². The highest BCUT2D eigenvalue weighted by atomic mass is 32.2. The first-order valence-corrected chi connectivity index (χ1v) is 9.91.